The third kappa shape index (κ3) is 6.88. The van der Waals surface area contributed by atoms with Gasteiger partial charge >= 0.3 is 51.4 Å². The van der Waals surface area contributed by atoms with Crippen molar-refractivity contribution in [2.24, 2.45) is 0 Å². The van der Waals surface area contributed by atoms with Gasteiger partial charge in [-0.25, -0.2) is 0 Å². The van der Waals surface area contributed by atoms with Crippen LogP contribution in [0.2, 0.25) is 10.0 Å². The molecule has 3 aromatic rings. The molecule has 0 unspecified atom stereocenters. The van der Waals surface area contributed by atoms with E-state index < -0.39 is 5.91 Å². The zero-order valence-electron chi connectivity index (χ0n) is 19.0. The van der Waals surface area contributed by atoms with Crippen LogP contribution in [0.4, 0.5) is 11.4 Å². The van der Waals surface area contributed by atoms with Crippen LogP contribution in [-0.4, -0.2) is 37.6 Å². The van der Waals surface area contributed by atoms with Gasteiger partial charge in [0.2, 0.25) is 0 Å². The molecule has 0 saturated heterocycles. The zero-order valence-corrected chi connectivity index (χ0v) is 23.6. The van der Waals surface area contributed by atoms with Gasteiger partial charge in [0.1, 0.15) is 5.75 Å². The topological polar surface area (TPSA) is 102 Å². The van der Waals surface area contributed by atoms with Crippen molar-refractivity contribution in [3.8, 4) is 11.5 Å². The molecule has 2 amide bonds. The maximum Gasteiger partial charge on any atom is 1.00 e. The molecule has 34 heavy (non-hydrogen) atoms. The Morgan fingerprint density at radius 3 is 2.35 bits per heavy atom. The van der Waals surface area contributed by atoms with E-state index in [1.54, 1.807) is 32.4 Å². The van der Waals surface area contributed by atoms with Crippen LogP contribution in [0.5, 0.6) is 11.5 Å². The number of benzene rings is 3. The van der Waals surface area contributed by atoms with Crippen LogP contribution in [0.3, 0.4) is 0 Å². The number of halogens is 2. The van der Waals surface area contributed by atoms with E-state index in [1.165, 1.54) is 12.1 Å². The monoisotopic (exact) mass is 525 g/mol. The van der Waals surface area contributed by atoms with Gasteiger partial charge in [0.25, 0.3) is 11.8 Å². The van der Waals surface area contributed by atoms with Crippen LogP contribution < -0.4 is 66.8 Å². The van der Waals surface area contributed by atoms with E-state index in [0.29, 0.717) is 18.7 Å². The Kier molecular flexibility index (Phi) is 11.2. The molecule has 0 heterocycles. The number of phenolic OH excluding ortho intramolecular Hbond substituents is 1. The molecule has 0 aliphatic carbocycles. The molecule has 0 saturated carbocycles. The summed E-state index contributed by atoms with van der Waals surface area (Å²) in [5.74, 6) is -0.495. The second-order valence-electron chi connectivity index (χ2n) is 6.98. The van der Waals surface area contributed by atoms with Crippen molar-refractivity contribution >= 4 is 46.4 Å². The molecule has 3 aromatic carbocycles. The maximum atomic E-state index is 13.0. The summed E-state index contributed by atoms with van der Waals surface area (Å²) in [6.07, 6.45) is 0.563. The number of nitrogens with zero attached hydrogens (tertiary/aromatic N) is 1. The predicted octanol–water partition coefficient (Wildman–Crippen LogP) is 2.57. The molecule has 0 radical (unpaired) electrons. The second-order valence-corrected chi connectivity index (χ2v) is 7.80. The number of carbonyl (C=O) groups is 2. The molecular formula is C24H22Cl2KN3O4. The Bertz CT molecular complexity index is 1170. The maximum absolute atomic E-state index is 13.0. The summed E-state index contributed by atoms with van der Waals surface area (Å²) >= 11 is 11.8. The number of anilines is 1. The molecule has 0 spiro atoms. The Hall–Kier alpha value is -1.78. The van der Waals surface area contributed by atoms with Crippen LogP contribution in [0.25, 0.3) is 5.32 Å². The van der Waals surface area contributed by atoms with E-state index in [9.17, 15) is 14.7 Å². The molecule has 0 aromatic heterocycles. The van der Waals surface area contributed by atoms with E-state index in [-0.39, 0.29) is 89.9 Å². The Morgan fingerprint density at radius 1 is 1.03 bits per heavy atom. The second kappa shape index (κ2) is 13.3. The van der Waals surface area contributed by atoms with E-state index in [1.807, 2.05) is 24.3 Å². The predicted molar refractivity (Wildman–Crippen MR) is 130 cm³/mol. The van der Waals surface area contributed by atoms with E-state index in [2.05, 4.69) is 16.0 Å². The molecule has 7 nitrogen and oxygen atoms in total. The quantitative estimate of drug-likeness (QED) is 0.393. The van der Waals surface area contributed by atoms with Gasteiger partial charge in [-0.1, -0.05) is 53.5 Å². The van der Waals surface area contributed by atoms with Crippen LogP contribution in [-0.2, 0) is 6.42 Å². The molecule has 10 heteroatoms. The van der Waals surface area contributed by atoms with E-state index in [4.69, 9.17) is 27.9 Å². The fourth-order valence-corrected chi connectivity index (χ4v) is 3.76. The summed E-state index contributed by atoms with van der Waals surface area (Å²) in [7, 11) is 3.16. The summed E-state index contributed by atoms with van der Waals surface area (Å²) in [5.41, 5.74) is 2.01. The molecule has 0 atom stereocenters. The fourth-order valence-electron chi connectivity index (χ4n) is 3.27. The van der Waals surface area contributed by atoms with Gasteiger partial charge in [-0.2, -0.15) is 0 Å². The van der Waals surface area contributed by atoms with Crippen LogP contribution in [0, 0.1) is 0 Å². The van der Waals surface area contributed by atoms with Gasteiger partial charge in [-0.3, -0.25) is 9.59 Å². The molecule has 0 aliphatic rings. The molecule has 3 rings (SSSR count). The fraction of sp³-hybridized carbons (Fsp3) is 0.167. The van der Waals surface area contributed by atoms with Crippen molar-refractivity contribution < 1.29 is 70.8 Å². The Morgan fingerprint density at radius 2 is 1.71 bits per heavy atom. The van der Waals surface area contributed by atoms with Crippen molar-refractivity contribution in [1.29, 1.82) is 0 Å². The Balaban J connectivity index is 0.00000408. The number of para-hydroxylation sites is 1. The van der Waals surface area contributed by atoms with Gasteiger partial charge in [-0.15, -0.1) is 12.7 Å². The number of ether oxygens (including phenoxy) is 1. The number of amides is 2. The first-order valence-electron chi connectivity index (χ1n) is 9.98. The molecule has 172 valence electrons. The summed E-state index contributed by atoms with van der Waals surface area (Å²) in [5, 5.41) is 19.3. The number of nitrogens with one attached hydrogen (secondary N) is 2. The van der Waals surface area contributed by atoms with Crippen LogP contribution in [0.15, 0.2) is 54.6 Å². The zero-order chi connectivity index (χ0) is 24.0. The van der Waals surface area contributed by atoms with Gasteiger partial charge in [-0.05, 0) is 36.2 Å². The smallest absolute Gasteiger partial charge is 0.686 e. The van der Waals surface area contributed by atoms with Gasteiger partial charge in [0.05, 0.1) is 22.8 Å². The number of hydrogen-bond donors (Lipinski definition) is 3. The van der Waals surface area contributed by atoms with E-state index in [0.717, 1.165) is 11.3 Å². The minimum atomic E-state index is -0.546. The number of carbonyl (C=O) groups excluding carboxylic acids is 2. The van der Waals surface area contributed by atoms with Crippen molar-refractivity contribution in [3.63, 3.8) is 0 Å². The minimum Gasteiger partial charge on any atom is -0.686 e. The average Bonchev–Trinajstić information content (AvgIpc) is 2.82. The number of aromatic hydroxyl groups is 1. The number of hydrogen-bond acceptors (Lipinski definition) is 4. The number of methoxy groups -OCH3 is 1. The number of phenols is 1. The van der Waals surface area contributed by atoms with E-state index >= 15 is 0 Å². The molecular weight excluding hydrogens is 504 g/mol. The normalized spacial score (nSPS) is 10.1. The molecule has 0 aliphatic heterocycles. The van der Waals surface area contributed by atoms with Crippen LogP contribution >= 0.6 is 23.2 Å². The SMILES string of the molecule is C[N-]c1cccc(NC(=O)c2cc(Cl)c(O)c(Cl)c2)c1C(=O)NCCc1ccccc1OC.[K+]. The largest absolute Gasteiger partial charge is 1.00 e. The Labute approximate surface area is 250 Å². The molecule has 0 fully saturated rings. The first kappa shape index (κ1) is 28.5. The van der Waals surface area contributed by atoms with Crippen molar-refractivity contribution in [1.82, 2.24) is 5.32 Å². The first-order valence-corrected chi connectivity index (χ1v) is 10.7. The summed E-state index contributed by atoms with van der Waals surface area (Å²) < 4.78 is 5.34. The molecule has 0 bridgehead atoms. The van der Waals surface area contributed by atoms with Crippen LogP contribution in [0.1, 0.15) is 26.3 Å². The summed E-state index contributed by atoms with van der Waals surface area (Å²) in [6, 6.07) is 15.1. The van der Waals surface area contributed by atoms with Gasteiger partial charge in [0, 0.05) is 17.7 Å². The first-order chi connectivity index (χ1) is 15.8. The third-order valence-corrected chi connectivity index (χ3v) is 5.49. The van der Waals surface area contributed by atoms with Gasteiger partial charge in [0.15, 0.2) is 5.75 Å². The summed E-state index contributed by atoms with van der Waals surface area (Å²) in [6.45, 7) is 0.355. The van der Waals surface area contributed by atoms with Crippen molar-refractivity contribution in [2.75, 3.05) is 26.0 Å². The standard InChI is InChI=1S/C24H23Cl2N3O4.K/c1-27-18-7-5-8-19(29-23(31)15-12-16(25)22(30)17(26)13-15)21(18)24(32)28-11-10-14-6-3-4-9-20(14)33-2;/h3-9,12-13H,10-11H2,1-2H3,(H4,27,28,29,30,31,32);/q;+1/p-1. The summed E-state index contributed by atoms with van der Waals surface area (Å²) in [4.78, 5) is 25.8. The average molecular weight is 526 g/mol. The number of rotatable bonds is 8. The minimum absolute atomic E-state index is 0. The van der Waals surface area contributed by atoms with Crippen molar-refractivity contribution in [2.45, 2.75) is 6.42 Å². The molecule has 3 N–H and O–H groups in total. The van der Waals surface area contributed by atoms with Crippen molar-refractivity contribution in [3.05, 3.63) is 86.6 Å². The van der Waals surface area contributed by atoms with Gasteiger partial charge < -0.3 is 25.8 Å². The third-order valence-electron chi connectivity index (χ3n) is 4.91.